The molecule has 1 aromatic heterocycles. The zero-order chi connectivity index (χ0) is 11.1. The highest BCUT2D eigenvalue weighted by Gasteiger charge is 2.27. The minimum Gasteiger partial charge on any atom is -0.404 e. The Hall–Kier alpha value is -2.10. The second-order valence-electron chi connectivity index (χ2n) is 3.92. The molecule has 0 atom stereocenters. The lowest BCUT2D eigenvalue weighted by Gasteiger charge is -1.97. The number of rotatable bonds is 0. The second kappa shape index (κ2) is 3.20. The van der Waals surface area contributed by atoms with E-state index in [0.29, 0.717) is 6.54 Å². The summed E-state index contributed by atoms with van der Waals surface area (Å²) in [5.41, 5.74) is 7.47. The molecule has 0 radical (unpaired) electrons. The number of hydrogen-bond donors (Lipinski definition) is 1. The maximum Gasteiger partial charge on any atom is 0.345 e. The van der Waals surface area contributed by atoms with Crippen LogP contribution in [0, 0.1) is 0 Å². The highest BCUT2D eigenvalue weighted by molar-refractivity contribution is 5.75. The van der Waals surface area contributed by atoms with Gasteiger partial charge in [0.1, 0.15) is 10.9 Å². The summed E-state index contributed by atoms with van der Waals surface area (Å²) in [4.78, 5) is 15.4. The highest BCUT2D eigenvalue weighted by atomic mass is 16.1. The average Bonchev–Trinajstić information content (AvgIpc) is 2.72. The number of fused-ring (bicyclic) bond motifs is 2. The lowest BCUT2D eigenvalue weighted by atomic mass is 10.2. The fraction of sp³-hybridized carbons (Fsp3) is 0.167. The third-order valence-electron chi connectivity index (χ3n) is 3.04. The molecule has 1 aromatic carbocycles. The van der Waals surface area contributed by atoms with Crippen LogP contribution in [0.25, 0.3) is 16.5 Å². The number of aromatic amines is 1. The van der Waals surface area contributed by atoms with E-state index in [0.717, 1.165) is 28.7 Å². The van der Waals surface area contributed by atoms with Gasteiger partial charge < -0.3 is 5.73 Å². The molecule has 3 N–H and O–H groups in total. The van der Waals surface area contributed by atoms with Gasteiger partial charge >= 0.3 is 5.56 Å². The largest absolute Gasteiger partial charge is 0.404 e. The fourth-order valence-electron chi connectivity index (χ4n) is 2.20. The van der Waals surface area contributed by atoms with Crippen molar-refractivity contribution in [3.05, 3.63) is 46.6 Å². The molecular formula is C12H12N3O+. The van der Waals surface area contributed by atoms with Gasteiger partial charge in [0.25, 0.3) is 5.82 Å². The number of hydrogen-bond acceptors (Lipinski definition) is 2. The molecule has 16 heavy (non-hydrogen) atoms. The van der Waals surface area contributed by atoms with Crippen molar-refractivity contribution >= 4 is 16.5 Å². The van der Waals surface area contributed by atoms with Crippen LogP contribution in [-0.4, -0.2) is 4.57 Å². The zero-order valence-corrected chi connectivity index (χ0v) is 8.73. The van der Waals surface area contributed by atoms with Crippen LogP contribution in [0.2, 0.25) is 0 Å². The van der Waals surface area contributed by atoms with Crippen LogP contribution in [0.5, 0.6) is 0 Å². The molecule has 1 aliphatic rings. The minimum atomic E-state index is 0.0567. The Morgan fingerprint density at radius 1 is 1.38 bits per heavy atom. The van der Waals surface area contributed by atoms with Crippen molar-refractivity contribution in [3.63, 3.8) is 0 Å². The third kappa shape index (κ3) is 1.10. The van der Waals surface area contributed by atoms with E-state index in [2.05, 4.69) is 4.98 Å². The van der Waals surface area contributed by atoms with Gasteiger partial charge in [-0.15, -0.1) is 0 Å². The molecule has 4 nitrogen and oxygen atoms in total. The lowest BCUT2D eigenvalue weighted by molar-refractivity contribution is -0.356. The predicted molar refractivity (Wildman–Crippen MR) is 61.5 cm³/mol. The van der Waals surface area contributed by atoms with E-state index in [1.54, 1.807) is 10.8 Å². The van der Waals surface area contributed by atoms with E-state index in [1.165, 1.54) is 0 Å². The minimum absolute atomic E-state index is 0.0567. The summed E-state index contributed by atoms with van der Waals surface area (Å²) < 4.78 is 1.75. The van der Waals surface area contributed by atoms with Crippen molar-refractivity contribution in [2.24, 2.45) is 5.73 Å². The van der Waals surface area contributed by atoms with Crippen LogP contribution in [0.3, 0.4) is 0 Å². The molecule has 80 valence electrons. The summed E-state index contributed by atoms with van der Waals surface area (Å²) in [5, 5.41) is 0.726. The summed E-state index contributed by atoms with van der Waals surface area (Å²) >= 11 is 0. The standard InChI is InChI=1S/C12H11N3O/c13-7-8-5-6-15-11(8)14-10-4-2-1-3-9(10)12(15)16/h1-4,7H,5-6,13H2/p+1/b8-7-. The van der Waals surface area contributed by atoms with Crippen LogP contribution in [0.1, 0.15) is 12.2 Å². The summed E-state index contributed by atoms with van der Waals surface area (Å²) in [6.45, 7) is 0.707. The first-order valence-electron chi connectivity index (χ1n) is 5.27. The van der Waals surface area contributed by atoms with Crippen molar-refractivity contribution in [1.82, 2.24) is 4.57 Å². The SMILES string of the molecule is N/C=C1/CCn2c1[nH+]c1ccccc1c2=O. The van der Waals surface area contributed by atoms with Gasteiger partial charge in [0.2, 0.25) is 0 Å². The zero-order valence-electron chi connectivity index (χ0n) is 8.73. The summed E-state index contributed by atoms with van der Waals surface area (Å²) in [7, 11) is 0. The monoisotopic (exact) mass is 214 g/mol. The molecule has 0 saturated heterocycles. The Labute approximate surface area is 92.0 Å². The van der Waals surface area contributed by atoms with Crippen LogP contribution in [0.15, 0.2) is 35.3 Å². The molecule has 0 spiro atoms. The van der Waals surface area contributed by atoms with Gasteiger partial charge in [0, 0.05) is 12.6 Å². The van der Waals surface area contributed by atoms with Crippen LogP contribution >= 0.6 is 0 Å². The summed E-state index contributed by atoms with van der Waals surface area (Å²) in [6.07, 6.45) is 2.39. The second-order valence-corrected chi connectivity index (χ2v) is 3.92. The normalized spacial score (nSPS) is 16.9. The van der Waals surface area contributed by atoms with E-state index >= 15 is 0 Å². The van der Waals surface area contributed by atoms with E-state index < -0.39 is 0 Å². The molecule has 0 aliphatic carbocycles. The first kappa shape index (κ1) is 9.15. The van der Waals surface area contributed by atoms with Crippen molar-refractivity contribution in [1.29, 1.82) is 0 Å². The van der Waals surface area contributed by atoms with Gasteiger partial charge in [-0.05, 0) is 12.1 Å². The molecule has 0 unspecified atom stereocenters. The number of benzene rings is 1. The molecule has 0 fully saturated rings. The summed E-state index contributed by atoms with van der Waals surface area (Å²) in [5.74, 6) is 0.839. The molecular weight excluding hydrogens is 202 g/mol. The Bertz CT molecular complexity index is 655. The number of allylic oxidation sites excluding steroid dienone is 1. The van der Waals surface area contributed by atoms with Crippen LogP contribution in [0.4, 0.5) is 0 Å². The average molecular weight is 214 g/mol. The number of aromatic nitrogens is 2. The molecule has 0 amide bonds. The quantitative estimate of drug-likeness (QED) is 0.695. The van der Waals surface area contributed by atoms with Gasteiger partial charge in [0.15, 0.2) is 0 Å². The van der Waals surface area contributed by atoms with Gasteiger partial charge in [-0.25, -0.2) is 9.78 Å². The number of H-pyrrole nitrogens is 1. The molecule has 0 bridgehead atoms. The number of para-hydroxylation sites is 1. The summed E-state index contributed by atoms with van der Waals surface area (Å²) in [6, 6.07) is 7.53. The van der Waals surface area contributed by atoms with Crippen molar-refractivity contribution < 1.29 is 4.98 Å². The van der Waals surface area contributed by atoms with Gasteiger partial charge in [-0.1, -0.05) is 12.1 Å². The Morgan fingerprint density at radius 2 is 2.19 bits per heavy atom. The van der Waals surface area contributed by atoms with Gasteiger partial charge in [-0.3, -0.25) is 0 Å². The lowest BCUT2D eigenvalue weighted by Crippen LogP contribution is -2.28. The van der Waals surface area contributed by atoms with Crippen LogP contribution < -0.4 is 16.3 Å². The van der Waals surface area contributed by atoms with E-state index in [-0.39, 0.29) is 5.56 Å². The smallest absolute Gasteiger partial charge is 0.345 e. The predicted octanol–water partition coefficient (Wildman–Crippen LogP) is 0.519. The molecule has 4 heteroatoms. The van der Waals surface area contributed by atoms with E-state index in [1.807, 2.05) is 24.3 Å². The maximum absolute atomic E-state index is 12.2. The maximum atomic E-state index is 12.2. The topological polar surface area (TPSA) is 62.2 Å². The Kier molecular flexibility index (Phi) is 1.83. The molecule has 3 rings (SSSR count). The number of nitrogens with zero attached hydrogens (tertiary/aromatic N) is 1. The molecule has 1 aliphatic heterocycles. The van der Waals surface area contributed by atoms with Gasteiger partial charge in [0.05, 0.1) is 12.1 Å². The molecule has 2 aromatic rings. The number of nitrogens with two attached hydrogens (primary N) is 1. The Balaban J connectivity index is 2.46. The molecule has 2 heterocycles. The van der Waals surface area contributed by atoms with Gasteiger partial charge in [-0.2, -0.15) is 4.57 Å². The van der Waals surface area contributed by atoms with Crippen molar-refractivity contribution in [2.45, 2.75) is 13.0 Å². The highest BCUT2D eigenvalue weighted by Crippen LogP contribution is 2.21. The van der Waals surface area contributed by atoms with Crippen molar-refractivity contribution in [3.8, 4) is 0 Å². The third-order valence-corrected chi connectivity index (χ3v) is 3.04. The van der Waals surface area contributed by atoms with Crippen LogP contribution in [-0.2, 0) is 6.54 Å². The first-order valence-corrected chi connectivity index (χ1v) is 5.27. The Morgan fingerprint density at radius 3 is 3.00 bits per heavy atom. The molecule has 0 saturated carbocycles. The van der Waals surface area contributed by atoms with E-state index in [4.69, 9.17) is 5.73 Å². The first-order chi connectivity index (χ1) is 7.81. The van der Waals surface area contributed by atoms with Crippen molar-refractivity contribution in [2.75, 3.05) is 0 Å². The van der Waals surface area contributed by atoms with E-state index in [9.17, 15) is 4.79 Å². The fourth-order valence-corrected chi connectivity index (χ4v) is 2.20. The number of nitrogens with one attached hydrogen (secondary N) is 1.